The third-order valence-corrected chi connectivity index (χ3v) is 2.40. The molecular weight excluding hydrogens is 168 g/mol. The lowest BCUT2D eigenvalue weighted by atomic mass is 9.95. The third-order valence-electron chi connectivity index (χ3n) is 2.40. The van der Waals surface area contributed by atoms with Crippen LogP contribution in [0.3, 0.4) is 0 Å². The molecule has 0 aromatic carbocycles. The van der Waals surface area contributed by atoms with Crippen molar-refractivity contribution >= 4 is 5.91 Å². The molecule has 0 bridgehead atoms. The first-order valence-corrected chi connectivity index (χ1v) is 4.69. The van der Waals surface area contributed by atoms with Crippen molar-refractivity contribution in [3.8, 4) is 0 Å². The van der Waals surface area contributed by atoms with Crippen molar-refractivity contribution in [3.05, 3.63) is 0 Å². The normalized spacial score (nSPS) is 30.1. The Balaban J connectivity index is 2.39. The molecule has 13 heavy (non-hydrogen) atoms. The van der Waals surface area contributed by atoms with Crippen molar-refractivity contribution in [1.82, 2.24) is 10.2 Å². The summed E-state index contributed by atoms with van der Waals surface area (Å²) in [5, 5.41) is 12.3. The van der Waals surface area contributed by atoms with E-state index in [4.69, 9.17) is 0 Å². The number of β-amino-alcohol motifs (C(OH)–C–C–N with tert-alkyl or cyclic N) is 1. The molecule has 1 fully saturated rings. The van der Waals surface area contributed by atoms with Crippen LogP contribution in [0.15, 0.2) is 0 Å². The quantitative estimate of drug-likeness (QED) is 0.616. The Kier molecular flexibility index (Phi) is 3.27. The van der Waals surface area contributed by atoms with Gasteiger partial charge >= 0.3 is 0 Å². The predicted octanol–water partition coefficient (Wildman–Crippen LogP) is -0.421. The van der Waals surface area contributed by atoms with E-state index in [1.165, 1.54) is 0 Å². The van der Waals surface area contributed by atoms with Crippen LogP contribution in [0.1, 0.15) is 19.8 Å². The highest BCUT2D eigenvalue weighted by atomic mass is 16.3. The average Bonchev–Trinajstić information content (AvgIpc) is 2.02. The molecule has 0 spiro atoms. The number of hydrogen-bond donors (Lipinski definition) is 2. The van der Waals surface area contributed by atoms with Crippen LogP contribution in [0.4, 0.5) is 0 Å². The van der Waals surface area contributed by atoms with Crippen LogP contribution in [0.5, 0.6) is 0 Å². The van der Waals surface area contributed by atoms with Gasteiger partial charge in [-0.25, -0.2) is 0 Å². The number of nitrogens with zero attached hydrogens (tertiary/aromatic N) is 1. The summed E-state index contributed by atoms with van der Waals surface area (Å²) in [5.74, 6) is 0.0118. The topological polar surface area (TPSA) is 52.6 Å². The Bertz CT molecular complexity index is 192. The van der Waals surface area contributed by atoms with E-state index < -0.39 is 5.60 Å². The molecule has 1 atom stereocenters. The molecule has 2 N–H and O–H groups in total. The minimum atomic E-state index is -0.619. The Morgan fingerprint density at radius 2 is 2.38 bits per heavy atom. The molecular formula is C9H18N2O2. The predicted molar refractivity (Wildman–Crippen MR) is 50.4 cm³/mol. The first-order chi connectivity index (χ1) is 6.03. The van der Waals surface area contributed by atoms with Gasteiger partial charge in [0.2, 0.25) is 5.91 Å². The van der Waals surface area contributed by atoms with Crippen molar-refractivity contribution in [2.75, 3.05) is 26.7 Å². The van der Waals surface area contributed by atoms with Crippen LogP contribution >= 0.6 is 0 Å². The first kappa shape index (κ1) is 10.5. The van der Waals surface area contributed by atoms with Crippen molar-refractivity contribution < 1.29 is 9.90 Å². The number of nitrogens with one attached hydrogen (secondary N) is 1. The van der Waals surface area contributed by atoms with Crippen molar-refractivity contribution in [2.45, 2.75) is 25.4 Å². The molecule has 0 aromatic heterocycles. The highest BCUT2D eigenvalue weighted by Gasteiger charge is 2.28. The van der Waals surface area contributed by atoms with Crippen molar-refractivity contribution in [1.29, 1.82) is 0 Å². The zero-order chi connectivity index (χ0) is 9.90. The summed E-state index contributed by atoms with van der Waals surface area (Å²) in [7, 11) is 1.63. The fourth-order valence-electron chi connectivity index (χ4n) is 1.74. The lowest BCUT2D eigenvalue weighted by Gasteiger charge is -2.36. The van der Waals surface area contributed by atoms with E-state index in [9.17, 15) is 9.90 Å². The van der Waals surface area contributed by atoms with E-state index in [-0.39, 0.29) is 5.91 Å². The van der Waals surface area contributed by atoms with Gasteiger partial charge in [-0.05, 0) is 26.3 Å². The maximum atomic E-state index is 11.1. The molecule has 1 aliphatic rings. The number of likely N-dealkylation sites (N-methyl/N-ethyl adjacent to an activating group) is 1. The standard InChI is InChI=1S/C9H18N2O2/c1-9(13)4-3-5-11(7-9)6-8(12)10-2/h13H,3-7H2,1-2H3,(H,10,12). The Labute approximate surface area is 78.9 Å². The largest absolute Gasteiger partial charge is 0.389 e. The molecule has 0 radical (unpaired) electrons. The van der Waals surface area contributed by atoms with Gasteiger partial charge in [0.1, 0.15) is 0 Å². The van der Waals surface area contributed by atoms with E-state index in [0.717, 1.165) is 19.4 Å². The first-order valence-electron chi connectivity index (χ1n) is 4.69. The number of likely N-dealkylation sites (tertiary alicyclic amines) is 1. The van der Waals surface area contributed by atoms with Crippen LogP contribution in [0.2, 0.25) is 0 Å². The maximum absolute atomic E-state index is 11.1. The van der Waals surface area contributed by atoms with Crippen LogP contribution in [-0.2, 0) is 4.79 Å². The smallest absolute Gasteiger partial charge is 0.233 e. The van der Waals surface area contributed by atoms with E-state index in [2.05, 4.69) is 5.32 Å². The summed E-state index contributed by atoms with van der Waals surface area (Å²) in [6.07, 6.45) is 1.79. The van der Waals surface area contributed by atoms with Gasteiger partial charge in [-0.1, -0.05) is 0 Å². The zero-order valence-corrected chi connectivity index (χ0v) is 8.34. The van der Waals surface area contributed by atoms with Gasteiger partial charge in [-0.15, -0.1) is 0 Å². The van der Waals surface area contributed by atoms with Crippen molar-refractivity contribution in [2.24, 2.45) is 0 Å². The molecule has 1 amide bonds. The molecule has 0 aliphatic carbocycles. The van der Waals surface area contributed by atoms with Gasteiger partial charge in [0.05, 0.1) is 12.1 Å². The molecule has 1 rings (SSSR count). The molecule has 1 unspecified atom stereocenters. The van der Waals surface area contributed by atoms with E-state index in [1.807, 2.05) is 11.8 Å². The van der Waals surface area contributed by atoms with E-state index >= 15 is 0 Å². The van der Waals surface area contributed by atoms with Crippen LogP contribution in [0.25, 0.3) is 0 Å². The van der Waals surface area contributed by atoms with Crippen LogP contribution in [-0.4, -0.2) is 48.2 Å². The second-order valence-electron chi connectivity index (χ2n) is 3.98. The summed E-state index contributed by atoms with van der Waals surface area (Å²) in [5.41, 5.74) is -0.619. The highest BCUT2D eigenvalue weighted by Crippen LogP contribution is 2.19. The summed E-state index contributed by atoms with van der Waals surface area (Å²) in [4.78, 5) is 13.0. The number of piperidine rings is 1. The lowest BCUT2D eigenvalue weighted by molar-refractivity contribution is -0.123. The van der Waals surface area contributed by atoms with Gasteiger partial charge in [-0.2, -0.15) is 0 Å². The number of carbonyl (C=O) groups is 1. The highest BCUT2D eigenvalue weighted by molar-refractivity contribution is 5.77. The zero-order valence-electron chi connectivity index (χ0n) is 8.34. The summed E-state index contributed by atoms with van der Waals surface area (Å²) in [6, 6.07) is 0. The maximum Gasteiger partial charge on any atom is 0.233 e. The molecule has 0 aromatic rings. The number of amides is 1. The minimum absolute atomic E-state index is 0.0118. The van der Waals surface area contributed by atoms with E-state index in [0.29, 0.717) is 13.1 Å². The van der Waals surface area contributed by atoms with Crippen molar-refractivity contribution in [3.63, 3.8) is 0 Å². The Hall–Kier alpha value is -0.610. The summed E-state index contributed by atoms with van der Waals surface area (Å²) >= 11 is 0. The molecule has 4 heteroatoms. The fraction of sp³-hybridized carbons (Fsp3) is 0.889. The summed E-state index contributed by atoms with van der Waals surface area (Å²) in [6.45, 7) is 3.72. The van der Waals surface area contributed by atoms with Gasteiger partial charge in [-0.3, -0.25) is 9.69 Å². The second-order valence-corrected chi connectivity index (χ2v) is 3.98. The second kappa shape index (κ2) is 4.07. The number of rotatable bonds is 2. The minimum Gasteiger partial charge on any atom is -0.389 e. The molecule has 1 heterocycles. The van der Waals surface area contributed by atoms with Gasteiger partial charge in [0.25, 0.3) is 0 Å². The number of aliphatic hydroxyl groups is 1. The SMILES string of the molecule is CNC(=O)CN1CCCC(C)(O)C1. The monoisotopic (exact) mass is 186 g/mol. The molecule has 4 nitrogen and oxygen atoms in total. The Morgan fingerprint density at radius 1 is 1.69 bits per heavy atom. The third kappa shape index (κ3) is 3.32. The van der Waals surface area contributed by atoms with E-state index in [1.54, 1.807) is 7.05 Å². The van der Waals surface area contributed by atoms with Crippen LogP contribution < -0.4 is 5.32 Å². The Morgan fingerprint density at radius 3 is 2.92 bits per heavy atom. The van der Waals surface area contributed by atoms with Gasteiger partial charge in [0, 0.05) is 13.6 Å². The molecule has 76 valence electrons. The summed E-state index contributed by atoms with van der Waals surface area (Å²) < 4.78 is 0. The number of hydrogen-bond acceptors (Lipinski definition) is 3. The molecule has 1 saturated heterocycles. The molecule has 1 aliphatic heterocycles. The van der Waals surface area contributed by atoms with Crippen LogP contribution in [0, 0.1) is 0 Å². The van der Waals surface area contributed by atoms with Gasteiger partial charge in [0.15, 0.2) is 0 Å². The fourth-order valence-corrected chi connectivity index (χ4v) is 1.74. The average molecular weight is 186 g/mol. The lowest BCUT2D eigenvalue weighted by Crippen LogP contribution is -2.49. The van der Waals surface area contributed by atoms with Gasteiger partial charge < -0.3 is 10.4 Å². The molecule has 0 saturated carbocycles. The number of carbonyl (C=O) groups excluding carboxylic acids is 1.